The van der Waals surface area contributed by atoms with Crippen LogP contribution in [0.3, 0.4) is 0 Å². The van der Waals surface area contributed by atoms with Gasteiger partial charge in [0.25, 0.3) is 0 Å². The van der Waals surface area contributed by atoms with Crippen molar-refractivity contribution in [3.05, 3.63) is 108 Å². The number of primary amides is 2. The maximum absolute atomic E-state index is 15.4. The fourth-order valence-electron chi connectivity index (χ4n) is 15.7. The van der Waals surface area contributed by atoms with Gasteiger partial charge in [-0.3, -0.25) is 82.1 Å². The number of nitrogens with zero attached hydrogens (tertiary/aromatic N) is 5. The molecule has 47 nitrogen and oxygen atoms in total. The summed E-state index contributed by atoms with van der Waals surface area (Å²) in [6.45, 7) is 4.13. The van der Waals surface area contributed by atoms with Crippen molar-refractivity contribution in [2.24, 2.45) is 22.9 Å². The van der Waals surface area contributed by atoms with Crippen LogP contribution in [0.15, 0.2) is 91.1 Å². The molecular weight excluding hydrogens is 1820 g/mol. The number of hydrogen-bond acceptors (Lipinski definition) is 27. The third-order valence-corrected chi connectivity index (χ3v) is 23.5. The Hall–Kier alpha value is -13.1. The number of aryl methyl sites for hydroxylation is 1. The number of aromatic nitrogens is 6. The molecule has 0 saturated carbocycles. The largest absolute Gasteiger partial charge is 0.394 e. The molecule has 140 heavy (non-hydrogen) atoms. The molecule has 5 heterocycles. The minimum Gasteiger partial charge on any atom is -0.394 e. The second-order valence-electron chi connectivity index (χ2n) is 34.9. The van der Waals surface area contributed by atoms with Crippen molar-refractivity contribution in [2.75, 3.05) is 78.8 Å². The van der Waals surface area contributed by atoms with E-state index in [0.29, 0.717) is 36.1 Å². The molecule has 6 rings (SSSR count). The quantitative estimate of drug-likeness (QED) is 0.0153. The van der Waals surface area contributed by atoms with Gasteiger partial charge in [0.15, 0.2) is 5.96 Å². The van der Waals surface area contributed by atoms with Gasteiger partial charge in [-0.25, -0.2) is 10.1 Å². The lowest BCUT2D eigenvalue weighted by Gasteiger charge is -2.31. The van der Waals surface area contributed by atoms with E-state index in [1.54, 1.807) is 61.7 Å². The number of nitrogens with two attached hydrogens (primary N) is 4. The van der Waals surface area contributed by atoms with E-state index in [4.69, 9.17) is 37.8 Å². The zero-order valence-electron chi connectivity index (χ0n) is 80.2. The molecule has 774 valence electrons. The molecular formula is C93H147N27O20. The predicted octanol–water partition coefficient (Wildman–Crippen LogP) is -2.95. The highest BCUT2D eigenvalue weighted by atomic mass is 16.5. The predicted molar refractivity (Wildman–Crippen MR) is 514 cm³/mol. The van der Waals surface area contributed by atoms with Gasteiger partial charge < -0.3 is 132 Å². The number of benzene rings is 1. The highest BCUT2D eigenvalue weighted by Crippen LogP contribution is 2.24. The Morgan fingerprint density at radius 2 is 1.26 bits per heavy atom. The average Bonchev–Trinajstić information content (AvgIpc) is 1.66. The number of H-pyrrole nitrogens is 2. The van der Waals surface area contributed by atoms with Crippen molar-refractivity contribution in [3.63, 3.8) is 0 Å². The second kappa shape index (κ2) is 66.4. The number of aliphatic hydroxyl groups excluding tert-OH is 2. The van der Waals surface area contributed by atoms with Gasteiger partial charge in [-0.05, 0) is 111 Å². The number of rotatable bonds is 58. The molecule has 0 aliphatic carbocycles. The summed E-state index contributed by atoms with van der Waals surface area (Å²) in [7, 11) is 0. The highest BCUT2D eigenvalue weighted by molar-refractivity contribution is 6.00. The zero-order valence-corrected chi connectivity index (χ0v) is 80.2. The van der Waals surface area contributed by atoms with Crippen LogP contribution in [0, 0.1) is 5.41 Å². The van der Waals surface area contributed by atoms with Gasteiger partial charge in [-0.2, -0.15) is 0 Å². The molecule has 28 N–H and O–H groups in total. The Balaban J connectivity index is 1.09. The third kappa shape index (κ3) is 46.1. The summed E-state index contributed by atoms with van der Waals surface area (Å²) < 4.78 is 10.9. The minimum absolute atomic E-state index is 0.0113. The van der Waals surface area contributed by atoms with Crippen LogP contribution in [0.1, 0.15) is 217 Å². The first-order valence-corrected chi connectivity index (χ1v) is 48.6. The van der Waals surface area contributed by atoms with Crippen LogP contribution in [0.5, 0.6) is 0 Å². The van der Waals surface area contributed by atoms with Gasteiger partial charge in [-0.15, -0.1) is 5.10 Å². The lowest BCUT2D eigenvalue weighted by molar-refractivity contribution is -0.143. The SMILES string of the molecule is C=C1/C=C\C=C/CNC=C1C[C@@H]1NC(=O)[C@H](CCCNC(=N)N)NC(=O)[C@@H](Cc2ccccc2)NC(=O)[C@@H]2C[C@@H](O)CN2C(=O)[C@@H](NC(=O)[C@H](CCCC)NC(=O)[C@H](CCCN)NC(=O)[C@H](Cc2c[nH]cn2)NC(=O)[C@H](CCC(N)=O)NC(=O)[C@H](CO)NC(=O)CNC(=O)COCCOCCNC(=O)CCCCCCCCCCCCCCCc2nnn[nH]2)CCC(=O)NCCCC[C@@H](C(N)=O)NC1=O. The van der Waals surface area contributed by atoms with Crippen LogP contribution in [0.25, 0.3) is 0 Å². The molecule has 0 bridgehead atoms. The number of allylic oxidation sites excluding steroid dienone is 4. The molecule has 47 heteroatoms. The van der Waals surface area contributed by atoms with Gasteiger partial charge in [0, 0.05) is 96.5 Å². The Labute approximate surface area is 815 Å². The van der Waals surface area contributed by atoms with E-state index in [9.17, 15) is 67.7 Å². The number of amides is 16. The first-order chi connectivity index (χ1) is 67.4. The molecule has 0 spiro atoms. The van der Waals surface area contributed by atoms with E-state index in [0.717, 1.165) is 49.2 Å². The minimum atomic E-state index is -1.76. The molecule has 3 aliphatic heterocycles. The van der Waals surface area contributed by atoms with E-state index in [1.807, 2.05) is 6.08 Å². The van der Waals surface area contributed by atoms with Crippen molar-refractivity contribution < 1.29 is 96.4 Å². The number of carbonyl (C=O) groups is 16. The molecule has 3 aromatic rings. The Kier molecular flexibility index (Phi) is 54.8. The number of hydrogen-bond donors (Lipinski definition) is 24. The van der Waals surface area contributed by atoms with E-state index < -0.39 is 220 Å². The van der Waals surface area contributed by atoms with Crippen molar-refractivity contribution >= 4 is 100 Å². The zero-order chi connectivity index (χ0) is 102. The first-order valence-electron chi connectivity index (χ1n) is 48.6. The average molecular weight is 1960 g/mol. The number of unbranched alkanes of at least 4 members (excludes halogenated alkanes) is 13. The third-order valence-electron chi connectivity index (χ3n) is 23.5. The smallest absolute Gasteiger partial charge is 0.246 e. The number of nitrogens with one attached hydrogen (secondary N) is 18. The van der Waals surface area contributed by atoms with Crippen LogP contribution in [-0.4, -0.2) is 298 Å². The van der Waals surface area contributed by atoms with Crippen molar-refractivity contribution in [3.8, 4) is 0 Å². The molecule has 16 amide bonds. The Morgan fingerprint density at radius 1 is 0.636 bits per heavy atom. The second-order valence-corrected chi connectivity index (χ2v) is 34.9. The fourth-order valence-corrected chi connectivity index (χ4v) is 15.7. The van der Waals surface area contributed by atoms with Crippen molar-refractivity contribution in [2.45, 2.75) is 291 Å². The Morgan fingerprint density at radius 3 is 1.92 bits per heavy atom. The van der Waals surface area contributed by atoms with Gasteiger partial charge in [0.2, 0.25) is 94.5 Å². The van der Waals surface area contributed by atoms with Crippen LogP contribution in [-0.2, 0) is 105 Å². The number of aromatic amines is 2. The highest BCUT2D eigenvalue weighted by Gasteiger charge is 2.44. The van der Waals surface area contributed by atoms with Crippen LogP contribution in [0.4, 0.5) is 0 Å². The van der Waals surface area contributed by atoms with Gasteiger partial charge in [0.05, 0.1) is 51.1 Å². The summed E-state index contributed by atoms with van der Waals surface area (Å²) in [5.41, 5.74) is 24.6. The summed E-state index contributed by atoms with van der Waals surface area (Å²) in [6.07, 6.45) is 23.7. The number of carbonyl (C=O) groups excluding carboxylic acids is 16. The molecule has 1 aromatic carbocycles. The molecule has 2 fully saturated rings. The number of ether oxygens (including phenoxy) is 2. The molecule has 12 atom stereocenters. The number of aliphatic hydroxyl groups is 2. The number of fused-ring (bicyclic) bond motifs is 1. The summed E-state index contributed by atoms with van der Waals surface area (Å²) >= 11 is 0. The Bertz CT molecular complexity index is 4520. The van der Waals surface area contributed by atoms with E-state index in [-0.39, 0.29) is 141 Å². The van der Waals surface area contributed by atoms with Gasteiger partial charge >= 0.3 is 0 Å². The molecule has 2 aromatic heterocycles. The number of imidazole rings is 1. The van der Waals surface area contributed by atoms with E-state index in [1.165, 1.54) is 63.9 Å². The molecule has 0 radical (unpaired) electrons. The number of tetrazole rings is 1. The van der Waals surface area contributed by atoms with Crippen LogP contribution < -0.4 is 103 Å². The summed E-state index contributed by atoms with van der Waals surface area (Å²) in [6, 6.07) is -8.87. The topological polar surface area (TPSA) is 727 Å². The normalized spacial score (nSPS) is 19.6. The van der Waals surface area contributed by atoms with Crippen molar-refractivity contribution in [1.29, 1.82) is 5.41 Å². The van der Waals surface area contributed by atoms with Gasteiger partial charge in [0.1, 0.15) is 78.9 Å². The summed E-state index contributed by atoms with van der Waals surface area (Å²) in [4.78, 5) is 234. The van der Waals surface area contributed by atoms with E-state index >= 15 is 19.2 Å². The summed E-state index contributed by atoms with van der Waals surface area (Å²) in [5.74, 6) is -13.7. The monoisotopic (exact) mass is 1960 g/mol. The molecule has 0 unspecified atom stereocenters. The molecule has 2 saturated heterocycles. The number of guanidine groups is 1. The maximum Gasteiger partial charge on any atom is 0.246 e. The standard InChI is InChI=1S/C93H147N27O20/c1-3-4-31-66(84(130)112-70-38-40-79(125)101-43-25-23-32-65(82(96)128)107-88(134)72(50-62-53-99-42-24-17-18-28-60(62)2)113-85(131)68(34-27-44-103-93(97)98)110-87(133)71(49-61-29-19-16-20-30-61)115-91(137)75-52-64(122)56-120(75)92(70)138)108-83(129)67(33-26-41-94)109-89(135)73(51-63-54-100-59-105-63)114-86(132)69(37-39-76(95)123)111-90(136)74(57-121)106-80(126)55-104-81(127)58-140-48-47-139-46-45-102-78(124)36-22-15-13-11-9-7-5-6-8-10-12-14-21-35-77-116-118-119-117-77/h16-20,24,28-30,53-54,59,64-75,99,121-122H,2-15,21-23,25-27,31-52,55-58,94H2,1H3,(H2,95,123)(H2,96,128)(H,100,105)(H,101,125)(H,102,124)(H,104,127)(H,106,126)(H,107,134)(H,108,129)(H,109,135)(H,110,133)(H,111,136)(H,112,130)(H,113,131)(H,114,132)(H,115,137)(H4,97,98,103)(H,116,117,118,119)/b24-17-,28-18-,62-53?/t64-,65+,66+,67+,68+,69+,70+,71-,72+,73+,74+,75+/m1/s1. The lowest BCUT2D eigenvalue weighted by atomic mass is 9.98. The van der Waals surface area contributed by atoms with E-state index in [2.05, 4.69) is 117 Å². The first kappa shape index (κ1) is 116. The van der Waals surface area contributed by atoms with Crippen LogP contribution in [0.2, 0.25) is 0 Å². The molecule has 3 aliphatic rings. The maximum atomic E-state index is 15.4. The fraction of sp³-hybridized carbons (Fsp3) is 0.624. The van der Waals surface area contributed by atoms with Gasteiger partial charge in [-0.1, -0.05) is 152 Å². The van der Waals surface area contributed by atoms with Crippen LogP contribution >= 0.6 is 0 Å². The lowest BCUT2D eigenvalue weighted by Crippen LogP contribution is -2.61. The summed E-state index contributed by atoms with van der Waals surface area (Å²) in [5, 5.41) is 83.2. The van der Waals surface area contributed by atoms with Crippen molar-refractivity contribution in [1.82, 2.24) is 115 Å².